The van der Waals surface area contributed by atoms with E-state index in [0.29, 0.717) is 0 Å². The van der Waals surface area contributed by atoms with E-state index in [1.165, 1.54) is 24.5 Å². The number of carbonyl (C=O) groups is 2. The Labute approximate surface area is 149 Å². The predicted molar refractivity (Wildman–Crippen MR) is 91.3 cm³/mol. The van der Waals surface area contributed by atoms with Crippen LogP contribution in [0.4, 0.5) is 4.39 Å². The van der Waals surface area contributed by atoms with Gasteiger partial charge in [-0.25, -0.2) is 12.8 Å². The van der Waals surface area contributed by atoms with Gasteiger partial charge in [0.1, 0.15) is 16.8 Å². The van der Waals surface area contributed by atoms with Crippen molar-refractivity contribution >= 4 is 21.7 Å². The van der Waals surface area contributed by atoms with Gasteiger partial charge in [0.25, 0.3) is 0 Å². The van der Waals surface area contributed by atoms with E-state index in [1.807, 2.05) is 0 Å². The number of sulfone groups is 1. The van der Waals surface area contributed by atoms with Crippen LogP contribution in [0.1, 0.15) is 11.0 Å². The zero-order chi connectivity index (χ0) is 19.2. The molecular formula is C17H17FN2O5S. The summed E-state index contributed by atoms with van der Waals surface area (Å²) < 4.78 is 43.9. The summed E-state index contributed by atoms with van der Waals surface area (Å²) in [4.78, 5) is 23.2. The van der Waals surface area contributed by atoms with Gasteiger partial charge in [-0.15, -0.1) is 6.58 Å². The third kappa shape index (κ3) is 4.57. The van der Waals surface area contributed by atoms with Crippen LogP contribution in [0, 0.1) is 5.82 Å². The molecule has 1 atom stereocenters. The van der Waals surface area contributed by atoms with E-state index < -0.39 is 39.3 Å². The molecule has 2 amide bonds. The molecule has 1 heterocycles. The summed E-state index contributed by atoms with van der Waals surface area (Å²) in [6.45, 7) is 3.11. The van der Waals surface area contributed by atoms with Gasteiger partial charge in [0.2, 0.25) is 0 Å². The molecule has 1 aromatic carbocycles. The number of benzene rings is 1. The first-order valence-electron chi connectivity index (χ1n) is 7.56. The molecule has 0 fully saturated rings. The molecule has 2 N–H and O–H groups in total. The minimum Gasteiger partial charge on any atom is -0.468 e. The van der Waals surface area contributed by atoms with Crippen LogP contribution in [0.15, 0.2) is 64.6 Å². The van der Waals surface area contributed by atoms with E-state index in [1.54, 1.807) is 0 Å². The summed E-state index contributed by atoms with van der Waals surface area (Å²) in [7, 11) is -4.00. The molecule has 9 heteroatoms. The fourth-order valence-corrected chi connectivity index (χ4v) is 3.72. The van der Waals surface area contributed by atoms with Gasteiger partial charge < -0.3 is 15.1 Å². The van der Waals surface area contributed by atoms with Crippen LogP contribution in [-0.2, 0) is 19.4 Å². The van der Waals surface area contributed by atoms with Gasteiger partial charge in [-0.05, 0) is 36.4 Å². The quantitative estimate of drug-likeness (QED) is 0.429. The Kier molecular flexibility index (Phi) is 6.29. The maximum atomic E-state index is 13.1. The average Bonchev–Trinajstić information content (AvgIpc) is 3.14. The maximum Gasteiger partial charge on any atom is 0.309 e. The zero-order valence-electron chi connectivity index (χ0n) is 13.6. The number of nitrogens with one attached hydrogen (secondary N) is 2. The molecule has 0 bridgehead atoms. The van der Waals surface area contributed by atoms with Crippen molar-refractivity contribution in [3.8, 4) is 0 Å². The van der Waals surface area contributed by atoms with E-state index in [4.69, 9.17) is 4.42 Å². The Morgan fingerprint density at radius 1 is 1.15 bits per heavy atom. The summed E-state index contributed by atoms with van der Waals surface area (Å²) in [6.07, 6.45) is 2.69. The lowest BCUT2D eigenvalue weighted by atomic mass is 10.3. The molecule has 138 valence electrons. The smallest absolute Gasteiger partial charge is 0.309 e. The monoisotopic (exact) mass is 380 g/mol. The summed E-state index contributed by atoms with van der Waals surface area (Å²) in [5, 5.41) is 3.27. The lowest BCUT2D eigenvalue weighted by molar-refractivity contribution is -0.139. The highest BCUT2D eigenvalue weighted by molar-refractivity contribution is 7.91. The van der Waals surface area contributed by atoms with Gasteiger partial charge in [0.15, 0.2) is 9.84 Å². The highest BCUT2D eigenvalue weighted by atomic mass is 32.2. The molecule has 2 aromatic rings. The SMILES string of the molecule is C=CCNC(=O)C(=O)NCC(c1ccco1)S(=O)(=O)c1ccc(F)cc1. The van der Waals surface area contributed by atoms with E-state index in [2.05, 4.69) is 17.2 Å². The second kappa shape index (κ2) is 8.43. The minimum absolute atomic E-state index is 0.0844. The summed E-state index contributed by atoms with van der Waals surface area (Å²) in [5.41, 5.74) is 0. The minimum atomic E-state index is -4.00. The Balaban J connectivity index is 2.22. The highest BCUT2D eigenvalue weighted by Crippen LogP contribution is 2.29. The molecule has 7 nitrogen and oxygen atoms in total. The van der Waals surface area contributed by atoms with Gasteiger partial charge in [0.05, 0.1) is 11.2 Å². The van der Waals surface area contributed by atoms with Crippen molar-refractivity contribution in [3.63, 3.8) is 0 Å². The Morgan fingerprint density at radius 2 is 1.81 bits per heavy atom. The van der Waals surface area contributed by atoms with E-state index in [-0.39, 0.29) is 17.2 Å². The van der Waals surface area contributed by atoms with Crippen molar-refractivity contribution in [1.82, 2.24) is 10.6 Å². The van der Waals surface area contributed by atoms with Crippen LogP contribution in [-0.4, -0.2) is 33.3 Å². The van der Waals surface area contributed by atoms with Gasteiger partial charge in [0, 0.05) is 13.1 Å². The Hall–Kier alpha value is -2.94. The van der Waals surface area contributed by atoms with Crippen molar-refractivity contribution in [2.24, 2.45) is 0 Å². The van der Waals surface area contributed by atoms with Crippen LogP contribution in [0.3, 0.4) is 0 Å². The van der Waals surface area contributed by atoms with E-state index in [0.717, 1.165) is 24.3 Å². The van der Waals surface area contributed by atoms with Crippen LogP contribution in [0.2, 0.25) is 0 Å². The third-order valence-corrected chi connectivity index (χ3v) is 5.52. The average molecular weight is 380 g/mol. The lowest BCUT2D eigenvalue weighted by Crippen LogP contribution is -2.42. The molecule has 0 aliphatic rings. The molecule has 1 unspecified atom stereocenters. The molecule has 0 saturated heterocycles. The first kappa shape index (κ1) is 19.4. The van der Waals surface area contributed by atoms with Gasteiger partial charge >= 0.3 is 11.8 Å². The third-order valence-electron chi connectivity index (χ3n) is 3.44. The molecule has 2 rings (SSSR count). The van der Waals surface area contributed by atoms with Crippen LogP contribution in [0.25, 0.3) is 0 Å². The normalized spacial score (nSPS) is 12.2. The Morgan fingerprint density at radius 3 is 2.38 bits per heavy atom. The molecule has 0 aliphatic carbocycles. The summed E-state index contributed by atoms with van der Waals surface area (Å²) in [5.74, 6) is -2.40. The standard InChI is InChI=1S/C17H17FN2O5S/c1-2-9-19-16(21)17(22)20-11-15(14-4-3-10-25-14)26(23,24)13-7-5-12(18)6-8-13/h2-8,10,15H,1,9,11H2,(H,19,21)(H,20,22). The second-order valence-electron chi connectivity index (χ2n) is 5.21. The number of furan rings is 1. The summed E-state index contributed by atoms with van der Waals surface area (Å²) >= 11 is 0. The van der Waals surface area contributed by atoms with Crippen LogP contribution < -0.4 is 10.6 Å². The first-order chi connectivity index (χ1) is 12.4. The van der Waals surface area contributed by atoms with E-state index in [9.17, 15) is 22.4 Å². The first-order valence-corrected chi connectivity index (χ1v) is 9.10. The highest BCUT2D eigenvalue weighted by Gasteiger charge is 2.32. The fraction of sp³-hybridized carbons (Fsp3) is 0.176. The van der Waals surface area contributed by atoms with Crippen molar-refractivity contribution in [2.75, 3.05) is 13.1 Å². The number of amides is 2. The number of halogens is 1. The molecular weight excluding hydrogens is 363 g/mol. The molecule has 0 radical (unpaired) electrons. The molecule has 0 saturated carbocycles. The van der Waals surface area contributed by atoms with Crippen molar-refractivity contribution in [2.45, 2.75) is 10.1 Å². The number of hydrogen-bond acceptors (Lipinski definition) is 5. The van der Waals surface area contributed by atoms with Crippen molar-refractivity contribution in [1.29, 1.82) is 0 Å². The van der Waals surface area contributed by atoms with E-state index >= 15 is 0 Å². The Bertz CT molecular complexity index is 876. The van der Waals surface area contributed by atoms with Crippen LogP contribution in [0.5, 0.6) is 0 Å². The molecule has 1 aromatic heterocycles. The van der Waals surface area contributed by atoms with Gasteiger partial charge in [-0.3, -0.25) is 9.59 Å². The largest absolute Gasteiger partial charge is 0.468 e. The van der Waals surface area contributed by atoms with Crippen molar-refractivity contribution < 1.29 is 26.8 Å². The van der Waals surface area contributed by atoms with Gasteiger partial charge in [-0.2, -0.15) is 0 Å². The zero-order valence-corrected chi connectivity index (χ0v) is 14.5. The predicted octanol–water partition coefficient (Wildman–Crippen LogP) is 1.35. The van der Waals surface area contributed by atoms with Crippen LogP contribution >= 0.6 is 0 Å². The number of rotatable bonds is 7. The molecule has 0 aliphatic heterocycles. The number of hydrogen-bond donors (Lipinski definition) is 2. The topological polar surface area (TPSA) is 105 Å². The molecule has 0 spiro atoms. The second-order valence-corrected chi connectivity index (χ2v) is 7.34. The number of carbonyl (C=O) groups excluding carboxylic acids is 2. The van der Waals surface area contributed by atoms with Gasteiger partial charge in [-0.1, -0.05) is 6.08 Å². The molecule has 26 heavy (non-hydrogen) atoms. The maximum absolute atomic E-state index is 13.1. The fourth-order valence-electron chi connectivity index (χ4n) is 2.14. The lowest BCUT2D eigenvalue weighted by Gasteiger charge is -2.16. The van der Waals surface area contributed by atoms with Crippen molar-refractivity contribution in [3.05, 3.63) is 66.9 Å². The summed E-state index contributed by atoms with van der Waals surface area (Å²) in [6, 6.07) is 7.23.